The molecule has 0 spiro atoms. The number of aromatic nitrogens is 1. The molecular formula is C13H18N4O2. The molecule has 0 unspecified atom stereocenters. The van der Waals surface area contributed by atoms with Crippen LogP contribution in [0.25, 0.3) is 0 Å². The van der Waals surface area contributed by atoms with Crippen LogP contribution in [0.3, 0.4) is 0 Å². The minimum atomic E-state index is -0.0453. The molecule has 6 nitrogen and oxygen atoms in total. The SMILES string of the molecule is Cc1cccnc1C(=O)N1CCC(C(N)=NO)CC1. The smallest absolute Gasteiger partial charge is 0.272 e. The van der Waals surface area contributed by atoms with E-state index in [1.54, 1.807) is 11.1 Å². The molecule has 1 fully saturated rings. The summed E-state index contributed by atoms with van der Waals surface area (Å²) in [4.78, 5) is 18.2. The van der Waals surface area contributed by atoms with E-state index in [1.165, 1.54) is 0 Å². The fraction of sp³-hybridized carbons (Fsp3) is 0.462. The molecule has 1 aliphatic heterocycles. The largest absolute Gasteiger partial charge is 0.409 e. The van der Waals surface area contributed by atoms with Crippen LogP contribution in [0.15, 0.2) is 23.5 Å². The van der Waals surface area contributed by atoms with Gasteiger partial charge < -0.3 is 15.8 Å². The molecule has 2 heterocycles. The van der Waals surface area contributed by atoms with Gasteiger partial charge in [-0.15, -0.1) is 0 Å². The quantitative estimate of drug-likeness (QED) is 0.360. The van der Waals surface area contributed by atoms with Crippen molar-refractivity contribution in [2.75, 3.05) is 13.1 Å². The Labute approximate surface area is 111 Å². The van der Waals surface area contributed by atoms with E-state index in [-0.39, 0.29) is 17.7 Å². The number of nitrogens with two attached hydrogens (primary N) is 1. The van der Waals surface area contributed by atoms with Gasteiger partial charge in [-0.05, 0) is 31.4 Å². The van der Waals surface area contributed by atoms with Crippen LogP contribution in [0, 0.1) is 12.8 Å². The Hall–Kier alpha value is -2.11. The van der Waals surface area contributed by atoms with Gasteiger partial charge in [0.2, 0.25) is 0 Å². The molecule has 6 heteroatoms. The van der Waals surface area contributed by atoms with Crippen molar-refractivity contribution in [3.8, 4) is 0 Å². The van der Waals surface area contributed by atoms with E-state index in [4.69, 9.17) is 10.9 Å². The number of carbonyl (C=O) groups excluding carboxylic acids is 1. The van der Waals surface area contributed by atoms with E-state index in [0.29, 0.717) is 31.6 Å². The van der Waals surface area contributed by atoms with Gasteiger partial charge in [0, 0.05) is 25.2 Å². The number of rotatable bonds is 2. The van der Waals surface area contributed by atoms with Crippen LogP contribution in [-0.2, 0) is 0 Å². The fourth-order valence-electron chi connectivity index (χ4n) is 2.32. The first-order chi connectivity index (χ1) is 9.13. The zero-order chi connectivity index (χ0) is 13.8. The first kappa shape index (κ1) is 13.3. The third-order valence-electron chi connectivity index (χ3n) is 3.53. The number of amidine groups is 1. The molecular weight excluding hydrogens is 244 g/mol. The first-order valence-electron chi connectivity index (χ1n) is 6.31. The van der Waals surface area contributed by atoms with Gasteiger partial charge in [-0.25, -0.2) is 0 Å². The van der Waals surface area contributed by atoms with Crippen molar-refractivity contribution in [1.82, 2.24) is 9.88 Å². The molecule has 102 valence electrons. The summed E-state index contributed by atoms with van der Waals surface area (Å²) in [5.74, 6) is 0.260. The zero-order valence-electron chi connectivity index (χ0n) is 10.9. The highest BCUT2D eigenvalue weighted by Crippen LogP contribution is 2.19. The summed E-state index contributed by atoms with van der Waals surface area (Å²) in [5.41, 5.74) is 6.97. The summed E-state index contributed by atoms with van der Waals surface area (Å²) in [6.07, 6.45) is 3.06. The molecule has 1 aliphatic rings. The summed E-state index contributed by atoms with van der Waals surface area (Å²) in [7, 11) is 0. The number of likely N-dealkylation sites (tertiary alicyclic amines) is 1. The molecule has 3 N–H and O–H groups in total. The molecule has 0 atom stereocenters. The summed E-state index contributed by atoms with van der Waals surface area (Å²) in [5, 5.41) is 11.7. The highest BCUT2D eigenvalue weighted by atomic mass is 16.4. The number of nitrogens with zero attached hydrogens (tertiary/aromatic N) is 3. The Morgan fingerprint density at radius 2 is 2.21 bits per heavy atom. The van der Waals surface area contributed by atoms with Gasteiger partial charge in [-0.1, -0.05) is 11.2 Å². The summed E-state index contributed by atoms with van der Waals surface area (Å²) >= 11 is 0. The predicted molar refractivity (Wildman–Crippen MR) is 71.0 cm³/mol. The number of aryl methyl sites for hydroxylation is 1. The lowest BCUT2D eigenvalue weighted by Gasteiger charge is -2.31. The summed E-state index contributed by atoms with van der Waals surface area (Å²) < 4.78 is 0. The molecule has 0 radical (unpaired) electrons. The summed E-state index contributed by atoms with van der Waals surface area (Å²) in [6.45, 7) is 3.09. The molecule has 0 aliphatic carbocycles. The van der Waals surface area contributed by atoms with E-state index in [0.717, 1.165) is 5.56 Å². The van der Waals surface area contributed by atoms with E-state index in [1.807, 2.05) is 19.1 Å². The van der Waals surface area contributed by atoms with E-state index >= 15 is 0 Å². The monoisotopic (exact) mass is 262 g/mol. The molecule has 19 heavy (non-hydrogen) atoms. The van der Waals surface area contributed by atoms with Crippen LogP contribution in [0.4, 0.5) is 0 Å². The minimum Gasteiger partial charge on any atom is -0.409 e. The number of hydrogen-bond donors (Lipinski definition) is 2. The van der Waals surface area contributed by atoms with Crippen LogP contribution in [-0.4, -0.2) is 39.9 Å². The Balaban J connectivity index is 2.02. The standard InChI is InChI=1S/C13H18N4O2/c1-9-3-2-6-15-11(9)13(18)17-7-4-10(5-8-17)12(14)16-19/h2-3,6,10,19H,4-5,7-8H2,1H3,(H2,14,16). The van der Waals surface area contributed by atoms with Crippen molar-refractivity contribution in [3.63, 3.8) is 0 Å². The topological polar surface area (TPSA) is 91.8 Å². The number of hydrogen-bond acceptors (Lipinski definition) is 4. The molecule has 0 saturated carbocycles. The van der Waals surface area contributed by atoms with Gasteiger partial charge in [0.1, 0.15) is 11.5 Å². The van der Waals surface area contributed by atoms with E-state index in [2.05, 4.69) is 10.1 Å². The Morgan fingerprint density at radius 3 is 2.79 bits per heavy atom. The second-order valence-corrected chi connectivity index (χ2v) is 4.76. The maximum Gasteiger partial charge on any atom is 0.272 e. The van der Waals surface area contributed by atoms with Gasteiger partial charge >= 0.3 is 0 Å². The molecule has 1 aromatic heterocycles. The van der Waals surface area contributed by atoms with Crippen LogP contribution >= 0.6 is 0 Å². The lowest BCUT2D eigenvalue weighted by Crippen LogP contribution is -2.42. The van der Waals surface area contributed by atoms with Gasteiger partial charge in [0.05, 0.1) is 0 Å². The van der Waals surface area contributed by atoms with Crippen molar-refractivity contribution in [1.29, 1.82) is 0 Å². The lowest BCUT2D eigenvalue weighted by atomic mass is 9.95. The second kappa shape index (κ2) is 5.69. The molecule has 1 aromatic rings. The maximum atomic E-state index is 12.3. The molecule has 1 saturated heterocycles. The highest BCUT2D eigenvalue weighted by Gasteiger charge is 2.26. The summed E-state index contributed by atoms with van der Waals surface area (Å²) in [6, 6.07) is 3.69. The normalized spacial score (nSPS) is 17.5. The third-order valence-corrected chi connectivity index (χ3v) is 3.53. The van der Waals surface area contributed by atoms with Crippen molar-refractivity contribution in [3.05, 3.63) is 29.6 Å². The van der Waals surface area contributed by atoms with E-state index < -0.39 is 0 Å². The fourth-order valence-corrected chi connectivity index (χ4v) is 2.32. The first-order valence-corrected chi connectivity index (χ1v) is 6.31. The van der Waals surface area contributed by atoms with Crippen LogP contribution in [0.2, 0.25) is 0 Å². The van der Waals surface area contributed by atoms with E-state index in [9.17, 15) is 4.79 Å². The van der Waals surface area contributed by atoms with Gasteiger partial charge in [0.25, 0.3) is 5.91 Å². The molecule has 2 rings (SSSR count). The van der Waals surface area contributed by atoms with Crippen LogP contribution < -0.4 is 5.73 Å². The average molecular weight is 262 g/mol. The van der Waals surface area contributed by atoms with Crippen LogP contribution in [0.1, 0.15) is 28.9 Å². The van der Waals surface area contributed by atoms with Gasteiger partial charge in [0.15, 0.2) is 0 Å². The maximum absolute atomic E-state index is 12.3. The highest BCUT2D eigenvalue weighted by molar-refractivity contribution is 5.93. The van der Waals surface area contributed by atoms with Crippen molar-refractivity contribution in [2.24, 2.45) is 16.8 Å². The lowest BCUT2D eigenvalue weighted by molar-refractivity contribution is 0.0702. The average Bonchev–Trinajstić information content (AvgIpc) is 2.46. The van der Waals surface area contributed by atoms with Crippen molar-refractivity contribution >= 4 is 11.7 Å². The second-order valence-electron chi connectivity index (χ2n) is 4.76. The number of carbonyl (C=O) groups is 1. The predicted octanol–water partition coefficient (Wildman–Crippen LogP) is 0.989. The third kappa shape index (κ3) is 2.83. The number of piperidine rings is 1. The Bertz CT molecular complexity index is 493. The molecule has 0 aromatic carbocycles. The van der Waals surface area contributed by atoms with Gasteiger partial charge in [-0.2, -0.15) is 0 Å². The zero-order valence-corrected chi connectivity index (χ0v) is 10.9. The number of amides is 1. The molecule has 0 bridgehead atoms. The Morgan fingerprint density at radius 1 is 1.53 bits per heavy atom. The van der Waals surface area contributed by atoms with Crippen molar-refractivity contribution in [2.45, 2.75) is 19.8 Å². The van der Waals surface area contributed by atoms with Gasteiger partial charge in [-0.3, -0.25) is 9.78 Å². The van der Waals surface area contributed by atoms with Crippen molar-refractivity contribution < 1.29 is 10.0 Å². The number of oxime groups is 1. The minimum absolute atomic E-state index is 0.0453. The molecule has 1 amide bonds. The van der Waals surface area contributed by atoms with Crippen LogP contribution in [0.5, 0.6) is 0 Å². The number of pyridine rings is 1. The Kier molecular flexibility index (Phi) is 3.99.